The van der Waals surface area contributed by atoms with Crippen molar-refractivity contribution in [1.29, 1.82) is 0 Å². The number of piperidine rings is 1. The first-order valence-electron chi connectivity index (χ1n) is 6.79. The molecule has 0 spiro atoms. The molecule has 1 saturated carbocycles. The minimum atomic E-state index is -0.0695. The van der Waals surface area contributed by atoms with Crippen LogP contribution in [0.15, 0.2) is 0 Å². The van der Waals surface area contributed by atoms with E-state index in [4.69, 9.17) is 4.74 Å². The topological polar surface area (TPSA) is 44.7 Å². The van der Waals surface area contributed by atoms with E-state index in [1.807, 2.05) is 7.05 Å². The molecular weight excluding hydrogens is 216 g/mol. The van der Waals surface area contributed by atoms with E-state index >= 15 is 0 Å². The van der Waals surface area contributed by atoms with Crippen LogP contribution in [0.4, 0.5) is 0 Å². The van der Waals surface area contributed by atoms with Crippen LogP contribution in [0, 0.1) is 5.92 Å². The van der Waals surface area contributed by atoms with E-state index in [0.29, 0.717) is 12.0 Å². The van der Waals surface area contributed by atoms with Gasteiger partial charge >= 0.3 is 0 Å². The number of hydrogen-bond donors (Lipinski definition) is 2. The second-order valence-electron chi connectivity index (χ2n) is 5.55. The molecule has 17 heavy (non-hydrogen) atoms. The highest BCUT2D eigenvalue weighted by molar-refractivity contribution is 5.02. The van der Waals surface area contributed by atoms with E-state index in [0.717, 1.165) is 32.5 Å². The van der Waals surface area contributed by atoms with Gasteiger partial charge < -0.3 is 20.1 Å². The number of aliphatic hydroxyl groups is 1. The van der Waals surface area contributed by atoms with Crippen LogP contribution in [-0.4, -0.2) is 62.0 Å². The van der Waals surface area contributed by atoms with Crippen LogP contribution in [0.5, 0.6) is 0 Å². The van der Waals surface area contributed by atoms with E-state index in [9.17, 15) is 5.11 Å². The summed E-state index contributed by atoms with van der Waals surface area (Å²) in [6, 6.07) is 0. The molecule has 1 unspecified atom stereocenters. The Labute approximate surface area is 104 Å². The van der Waals surface area contributed by atoms with Crippen LogP contribution < -0.4 is 5.32 Å². The lowest BCUT2D eigenvalue weighted by Gasteiger charge is -2.40. The predicted molar refractivity (Wildman–Crippen MR) is 68.1 cm³/mol. The first kappa shape index (κ1) is 13.3. The molecule has 1 atom stereocenters. The monoisotopic (exact) mass is 242 g/mol. The number of methoxy groups -OCH3 is 1. The summed E-state index contributed by atoms with van der Waals surface area (Å²) in [5, 5.41) is 13.1. The minimum absolute atomic E-state index is 0.0695. The summed E-state index contributed by atoms with van der Waals surface area (Å²) >= 11 is 0. The number of likely N-dealkylation sites (tertiary alicyclic amines) is 1. The molecular formula is C13H26N2O2. The summed E-state index contributed by atoms with van der Waals surface area (Å²) < 4.78 is 5.39. The van der Waals surface area contributed by atoms with Crippen LogP contribution >= 0.6 is 0 Å². The smallest absolute Gasteiger partial charge is 0.0628 e. The van der Waals surface area contributed by atoms with Crippen LogP contribution in [0.3, 0.4) is 0 Å². The third kappa shape index (κ3) is 2.99. The highest BCUT2D eigenvalue weighted by Crippen LogP contribution is 2.40. The normalized spacial score (nSPS) is 27.0. The first-order valence-corrected chi connectivity index (χ1v) is 6.79. The Kier molecular flexibility index (Phi) is 4.42. The average Bonchev–Trinajstić information content (AvgIpc) is 3.21. The van der Waals surface area contributed by atoms with E-state index in [1.54, 1.807) is 7.11 Å². The SMILES string of the molecule is CNC(CO)(CN1CCC(OC)CC1)C1CC1. The van der Waals surface area contributed by atoms with Crippen molar-refractivity contribution in [3.8, 4) is 0 Å². The standard InChI is InChI=1S/C13H26N2O2/c1-14-13(10-16,11-3-4-11)9-15-7-5-12(17-2)6-8-15/h11-12,14,16H,3-10H2,1-2H3. The van der Waals surface area contributed by atoms with Crippen molar-refractivity contribution in [2.75, 3.05) is 40.4 Å². The van der Waals surface area contributed by atoms with Crippen molar-refractivity contribution in [2.45, 2.75) is 37.3 Å². The van der Waals surface area contributed by atoms with Gasteiger partial charge in [-0.15, -0.1) is 0 Å². The lowest BCUT2D eigenvalue weighted by molar-refractivity contribution is 0.0217. The van der Waals surface area contributed by atoms with Gasteiger partial charge in [0.25, 0.3) is 0 Å². The predicted octanol–water partition coefficient (Wildman–Crippen LogP) is 0.458. The van der Waals surface area contributed by atoms with E-state index in [2.05, 4.69) is 10.2 Å². The number of nitrogens with zero attached hydrogens (tertiary/aromatic N) is 1. The Balaban J connectivity index is 1.86. The molecule has 0 amide bonds. The fourth-order valence-corrected chi connectivity index (χ4v) is 3.01. The summed E-state index contributed by atoms with van der Waals surface area (Å²) in [6.45, 7) is 3.41. The Morgan fingerprint density at radius 2 is 1.94 bits per heavy atom. The molecule has 0 aromatic heterocycles. The largest absolute Gasteiger partial charge is 0.394 e. The summed E-state index contributed by atoms with van der Waals surface area (Å²) in [4.78, 5) is 2.47. The fraction of sp³-hybridized carbons (Fsp3) is 1.00. The van der Waals surface area contributed by atoms with Crippen molar-refractivity contribution in [1.82, 2.24) is 10.2 Å². The van der Waals surface area contributed by atoms with Gasteiger partial charge in [0.1, 0.15) is 0 Å². The summed E-state index contributed by atoms with van der Waals surface area (Å²) in [6.07, 6.45) is 5.19. The summed E-state index contributed by atoms with van der Waals surface area (Å²) in [5.41, 5.74) is -0.0695. The maximum absolute atomic E-state index is 9.70. The van der Waals surface area contributed by atoms with Crippen LogP contribution in [0.1, 0.15) is 25.7 Å². The van der Waals surface area contributed by atoms with Gasteiger partial charge in [-0.2, -0.15) is 0 Å². The van der Waals surface area contributed by atoms with E-state index in [1.165, 1.54) is 12.8 Å². The van der Waals surface area contributed by atoms with Gasteiger partial charge in [-0.1, -0.05) is 0 Å². The van der Waals surface area contributed by atoms with Gasteiger partial charge in [-0.25, -0.2) is 0 Å². The number of nitrogens with one attached hydrogen (secondary N) is 1. The second-order valence-corrected chi connectivity index (χ2v) is 5.55. The highest BCUT2D eigenvalue weighted by Gasteiger charge is 2.44. The Bertz CT molecular complexity index is 232. The van der Waals surface area contributed by atoms with Crippen LogP contribution in [0.25, 0.3) is 0 Å². The Morgan fingerprint density at radius 1 is 1.29 bits per heavy atom. The van der Waals surface area contributed by atoms with Gasteiger partial charge in [-0.05, 0) is 38.6 Å². The first-order chi connectivity index (χ1) is 8.24. The number of aliphatic hydroxyl groups excluding tert-OH is 1. The summed E-state index contributed by atoms with van der Waals surface area (Å²) in [7, 11) is 3.78. The molecule has 0 radical (unpaired) electrons. The van der Waals surface area contributed by atoms with Crippen LogP contribution in [0.2, 0.25) is 0 Å². The molecule has 1 heterocycles. The number of ether oxygens (including phenoxy) is 1. The molecule has 0 bridgehead atoms. The van der Waals surface area contributed by atoms with Crippen molar-refractivity contribution >= 4 is 0 Å². The maximum atomic E-state index is 9.70. The molecule has 1 aliphatic carbocycles. The van der Waals surface area contributed by atoms with Crippen molar-refractivity contribution in [3.63, 3.8) is 0 Å². The highest BCUT2D eigenvalue weighted by atomic mass is 16.5. The summed E-state index contributed by atoms with van der Waals surface area (Å²) in [5.74, 6) is 0.664. The van der Waals surface area contributed by atoms with Gasteiger partial charge in [0.15, 0.2) is 0 Å². The fourth-order valence-electron chi connectivity index (χ4n) is 3.01. The average molecular weight is 242 g/mol. The second kappa shape index (κ2) is 5.65. The molecule has 2 fully saturated rings. The molecule has 1 saturated heterocycles. The molecule has 1 aliphatic heterocycles. The molecule has 100 valence electrons. The number of rotatable bonds is 6. The maximum Gasteiger partial charge on any atom is 0.0628 e. The molecule has 4 heteroatoms. The van der Waals surface area contributed by atoms with Crippen molar-refractivity contribution < 1.29 is 9.84 Å². The third-order valence-corrected chi connectivity index (χ3v) is 4.51. The zero-order valence-electron chi connectivity index (χ0n) is 11.1. The van der Waals surface area contributed by atoms with Crippen molar-refractivity contribution in [3.05, 3.63) is 0 Å². The number of likely N-dealkylation sites (N-methyl/N-ethyl adjacent to an activating group) is 1. The zero-order valence-corrected chi connectivity index (χ0v) is 11.1. The number of hydrogen-bond acceptors (Lipinski definition) is 4. The lowest BCUT2D eigenvalue weighted by atomic mass is 9.92. The Hall–Kier alpha value is -0.160. The molecule has 2 rings (SSSR count). The molecule has 2 aliphatic rings. The quantitative estimate of drug-likeness (QED) is 0.710. The van der Waals surface area contributed by atoms with E-state index < -0.39 is 0 Å². The van der Waals surface area contributed by atoms with Gasteiger partial charge in [0.05, 0.1) is 18.2 Å². The van der Waals surface area contributed by atoms with Gasteiger partial charge in [0.2, 0.25) is 0 Å². The van der Waals surface area contributed by atoms with Crippen molar-refractivity contribution in [2.24, 2.45) is 5.92 Å². The van der Waals surface area contributed by atoms with Crippen LogP contribution in [-0.2, 0) is 4.74 Å². The zero-order chi connectivity index (χ0) is 12.3. The van der Waals surface area contributed by atoms with Gasteiger partial charge in [-0.3, -0.25) is 0 Å². The molecule has 0 aromatic rings. The van der Waals surface area contributed by atoms with E-state index in [-0.39, 0.29) is 12.1 Å². The lowest BCUT2D eigenvalue weighted by Crippen LogP contribution is -2.58. The van der Waals surface area contributed by atoms with Gasteiger partial charge in [0, 0.05) is 26.7 Å². The molecule has 0 aromatic carbocycles. The Morgan fingerprint density at radius 3 is 2.35 bits per heavy atom. The molecule has 4 nitrogen and oxygen atoms in total. The minimum Gasteiger partial charge on any atom is -0.394 e. The molecule has 2 N–H and O–H groups in total. The third-order valence-electron chi connectivity index (χ3n) is 4.51.